The second kappa shape index (κ2) is 6.33. The lowest BCUT2D eigenvalue weighted by Gasteiger charge is -2.10. The van der Waals surface area contributed by atoms with Crippen LogP contribution in [0.3, 0.4) is 0 Å². The number of hydrogen-bond donors (Lipinski definition) is 1. The van der Waals surface area contributed by atoms with Crippen molar-refractivity contribution in [2.75, 3.05) is 11.6 Å². The van der Waals surface area contributed by atoms with Crippen molar-refractivity contribution in [3.8, 4) is 0 Å². The van der Waals surface area contributed by atoms with E-state index in [9.17, 15) is 0 Å². The van der Waals surface area contributed by atoms with E-state index in [0.717, 1.165) is 12.2 Å². The zero-order chi connectivity index (χ0) is 10.4. The number of alkyl halides is 1. The highest BCUT2D eigenvalue weighted by Gasteiger charge is 2.04. The van der Waals surface area contributed by atoms with Crippen LogP contribution in [0.25, 0.3) is 0 Å². The van der Waals surface area contributed by atoms with E-state index in [1.807, 2.05) is 11.8 Å². The van der Waals surface area contributed by atoms with Gasteiger partial charge in [-0.15, -0.1) is 23.4 Å². The molecular weight excluding hydrogens is 214 g/mol. The molecule has 0 amide bonds. The van der Waals surface area contributed by atoms with E-state index in [2.05, 4.69) is 31.2 Å². The van der Waals surface area contributed by atoms with Gasteiger partial charge >= 0.3 is 0 Å². The monoisotopic (exact) mass is 229 g/mol. The molecule has 78 valence electrons. The molecule has 0 aromatic heterocycles. The van der Waals surface area contributed by atoms with E-state index < -0.39 is 0 Å². The van der Waals surface area contributed by atoms with Crippen molar-refractivity contribution in [2.24, 2.45) is 5.73 Å². The van der Waals surface area contributed by atoms with Crippen LogP contribution in [0, 0.1) is 0 Å². The second-order valence-electron chi connectivity index (χ2n) is 3.09. The van der Waals surface area contributed by atoms with Gasteiger partial charge in [0.2, 0.25) is 0 Å². The van der Waals surface area contributed by atoms with Gasteiger partial charge in [0.25, 0.3) is 0 Å². The average molecular weight is 230 g/mol. The molecule has 1 unspecified atom stereocenters. The van der Waals surface area contributed by atoms with Crippen LogP contribution in [0.4, 0.5) is 0 Å². The summed E-state index contributed by atoms with van der Waals surface area (Å²) in [5, 5.41) is 0. The lowest BCUT2D eigenvalue weighted by atomic mass is 10.1. The fourth-order valence-electron chi connectivity index (χ4n) is 1.26. The minimum atomic E-state index is 0.0770. The zero-order valence-corrected chi connectivity index (χ0v) is 9.94. The summed E-state index contributed by atoms with van der Waals surface area (Å²) in [7, 11) is 0. The van der Waals surface area contributed by atoms with Crippen LogP contribution < -0.4 is 5.73 Å². The maximum absolute atomic E-state index is 5.94. The SMILES string of the molecule is CCSc1ccc(C(N)CCCl)cc1. The highest BCUT2D eigenvalue weighted by Crippen LogP contribution is 2.21. The summed E-state index contributed by atoms with van der Waals surface area (Å²) in [5.74, 6) is 1.72. The summed E-state index contributed by atoms with van der Waals surface area (Å²) < 4.78 is 0. The molecule has 0 saturated heterocycles. The molecule has 0 spiro atoms. The summed E-state index contributed by atoms with van der Waals surface area (Å²) in [6.45, 7) is 2.15. The molecule has 0 saturated carbocycles. The lowest BCUT2D eigenvalue weighted by Crippen LogP contribution is -2.10. The normalized spacial score (nSPS) is 12.8. The van der Waals surface area contributed by atoms with Crippen molar-refractivity contribution < 1.29 is 0 Å². The van der Waals surface area contributed by atoms with E-state index in [0.29, 0.717) is 5.88 Å². The molecular formula is C11H16ClNS. The second-order valence-corrected chi connectivity index (χ2v) is 4.80. The minimum Gasteiger partial charge on any atom is -0.324 e. The third-order valence-electron chi connectivity index (χ3n) is 2.04. The topological polar surface area (TPSA) is 26.0 Å². The van der Waals surface area contributed by atoms with Gasteiger partial charge in [-0.3, -0.25) is 0 Å². The van der Waals surface area contributed by atoms with Crippen molar-refractivity contribution in [3.63, 3.8) is 0 Å². The zero-order valence-electron chi connectivity index (χ0n) is 8.37. The first-order valence-corrected chi connectivity index (χ1v) is 6.34. The fraction of sp³-hybridized carbons (Fsp3) is 0.455. The van der Waals surface area contributed by atoms with Crippen LogP contribution in [0.5, 0.6) is 0 Å². The molecule has 1 aromatic carbocycles. The maximum Gasteiger partial charge on any atom is 0.0306 e. The first-order chi connectivity index (χ1) is 6.77. The smallest absolute Gasteiger partial charge is 0.0306 e. The molecule has 1 atom stereocenters. The third kappa shape index (κ3) is 3.52. The molecule has 0 aliphatic carbocycles. The van der Waals surface area contributed by atoms with Crippen molar-refractivity contribution >= 4 is 23.4 Å². The molecule has 1 nitrogen and oxygen atoms in total. The van der Waals surface area contributed by atoms with E-state index in [1.165, 1.54) is 10.5 Å². The van der Waals surface area contributed by atoms with Crippen LogP contribution in [0.2, 0.25) is 0 Å². The Morgan fingerprint density at radius 2 is 2.00 bits per heavy atom. The molecule has 1 rings (SSSR count). The Labute approximate surface area is 95.0 Å². The fourth-order valence-corrected chi connectivity index (χ4v) is 2.16. The summed E-state index contributed by atoms with van der Waals surface area (Å²) in [6.07, 6.45) is 0.835. The van der Waals surface area contributed by atoms with Gasteiger partial charge in [0, 0.05) is 16.8 Å². The van der Waals surface area contributed by atoms with Crippen LogP contribution in [-0.2, 0) is 0 Å². The number of halogens is 1. The van der Waals surface area contributed by atoms with E-state index >= 15 is 0 Å². The average Bonchev–Trinajstić information content (AvgIpc) is 2.20. The number of hydrogen-bond acceptors (Lipinski definition) is 2. The lowest BCUT2D eigenvalue weighted by molar-refractivity contribution is 0.702. The van der Waals surface area contributed by atoms with Crippen molar-refractivity contribution in [3.05, 3.63) is 29.8 Å². The van der Waals surface area contributed by atoms with Crippen LogP contribution >= 0.6 is 23.4 Å². The van der Waals surface area contributed by atoms with Crippen LogP contribution in [0.15, 0.2) is 29.2 Å². The molecule has 0 aliphatic rings. The quantitative estimate of drug-likeness (QED) is 0.619. The molecule has 0 aliphatic heterocycles. The number of benzene rings is 1. The Morgan fingerprint density at radius 3 is 2.50 bits per heavy atom. The third-order valence-corrected chi connectivity index (χ3v) is 3.15. The summed E-state index contributed by atoms with van der Waals surface area (Å²) >= 11 is 7.49. The number of nitrogens with two attached hydrogens (primary N) is 1. The van der Waals surface area contributed by atoms with Gasteiger partial charge in [0.15, 0.2) is 0 Å². The van der Waals surface area contributed by atoms with Gasteiger partial charge in [-0.1, -0.05) is 19.1 Å². The Hall–Kier alpha value is -0.180. The Morgan fingerprint density at radius 1 is 1.36 bits per heavy atom. The van der Waals surface area contributed by atoms with Gasteiger partial charge in [0.05, 0.1) is 0 Å². The van der Waals surface area contributed by atoms with E-state index in [1.54, 1.807) is 0 Å². The maximum atomic E-state index is 5.94. The van der Waals surface area contributed by atoms with Gasteiger partial charge in [-0.05, 0) is 29.9 Å². The summed E-state index contributed by atoms with van der Waals surface area (Å²) in [5.41, 5.74) is 7.11. The van der Waals surface area contributed by atoms with Crippen LogP contribution in [-0.4, -0.2) is 11.6 Å². The molecule has 0 fully saturated rings. The van der Waals surface area contributed by atoms with Gasteiger partial charge in [-0.2, -0.15) is 0 Å². The van der Waals surface area contributed by atoms with E-state index in [-0.39, 0.29) is 6.04 Å². The summed E-state index contributed by atoms with van der Waals surface area (Å²) in [6, 6.07) is 8.51. The molecule has 2 N–H and O–H groups in total. The summed E-state index contributed by atoms with van der Waals surface area (Å²) in [4.78, 5) is 1.30. The Kier molecular flexibility index (Phi) is 5.38. The minimum absolute atomic E-state index is 0.0770. The van der Waals surface area contributed by atoms with Gasteiger partial charge in [-0.25, -0.2) is 0 Å². The Balaban J connectivity index is 2.62. The first-order valence-electron chi connectivity index (χ1n) is 4.82. The molecule has 1 aromatic rings. The molecule has 0 heterocycles. The van der Waals surface area contributed by atoms with Gasteiger partial charge in [0.1, 0.15) is 0 Å². The van der Waals surface area contributed by atoms with Crippen molar-refractivity contribution in [1.82, 2.24) is 0 Å². The van der Waals surface area contributed by atoms with Crippen molar-refractivity contribution in [2.45, 2.75) is 24.3 Å². The molecule has 14 heavy (non-hydrogen) atoms. The first kappa shape index (κ1) is 11.9. The molecule has 0 bridgehead atoms. The highest BCUT2D eigenvalue weighted by molar-refractivity contribution is 7.99. The largest absolute Gasteiger partial charge is 0.324 e. The molecule has 3 heteroatoms. The number of rotatable bonds is 5. The predicted octanol–water partition coefficient (Wildman–Crippen LogP) is 3.43. The predicted molar refractivity (Wildman–Crippen MR) is 65.1 cm³/mol. The van der Waals surface area contributed by atoms with Crippen LogP contribution in [0.1, 0.15) is 24.9 Å². The van der Waals surface area contributed by atoms with E-state index in [4.69, 9.17) is 17.3 Å². The number of thioether (sulfide) groups is 1. The molecule has 0 radical (unpaired) electrons. The highest BCUT2D eigenvalue weighted by atomic mass is 35.5. The standard InChI is InChI=1S/C11H16ClNS/c1-2-14-10-5-3-9(4-6-10)11(13)7-8-12/h3-6,11H,2,7-8,13H2,1H3. The van der Waals surface area contributed by atoms with Crippen molar-refractivity contribution in [1.29, 1.82) is 0 Å². The Bertz CT molecular complexity index is 260. The van der Waals surface area contributed by atoms with Gasteiger partial charge < -0.3 is 5.73 Å².